The Kier molecular flexibility index (Phi) is 7.05. The van der Waals surface area contributed by atoms with Crippen molar-refractivity contribution >= 4 is 29.5 Å². The van der Waals surface area contributed by atoms with Crippen LogP contribution < -0.4 is 10.2 Å². The molecule has 0 bridgehead atoms. The van der Waals surface area contributed by atoms with Crippen LogP contribution in [0.2, 0.25) is 0 Å². The number of hydrogen-bond acceptors (Lipinski definition) is 7. The standard InChI is InChI=1S/C20H25N5O3S/c1-14-11-17(25-9-7-24(2)8-10-25)23-20(22-14)29-13-18(26)21-12-15-3-5-16(6-4-15)19(27)28/h3-6,11H,7-10,12-13H2,1-2H3,(H,21,26)(H,27,28). The van der Waals surface area contributed by atoms with Crippen molar-refractivity contribution in [2.24, 2.45) is 0 Å². The van der Waals surface area contributed by atoms with Crippen molar-refractivity contribution in [2.45, 2.75) is 18.6 Å². The van der Waals surface area contributed by atoms with Crippen molar-refractivity contribution in [1.29, 1.82) is 0 Å². The van der Waals surface area contributed by atoms with Crippen molar-refractivity contribution < 1.29 is 14.7 Å². The molecule has 1 aromatic carbocycles. The number of amides is 1. The average Bonchev–Trinajstić information content (AvgIpc) is 2.71. The Balaban J connectivity index is 1.51. The number of thioether (sulfide) groups is 1. The third kappa shape index (κ3) is 6.16. The van der Waals surface area contributed by atoms with E-state index in [2.05, 4.69) is 32.1 Å². The van der Waals surface area contributed by atoms with E-state index >= 15 is 0 Å². The van der Waals surface area contributed by atoms with E-state index in [4.69, 9.17) is 5.11 Å². The second kappa shape index (κ2) is 9.71. The minimum absolute atomic E-state index is 0.122. The molecule has 1 aliphatic heterocycles. The molecule has 1 amide bonds. The average molecular weight is 416 g/mol. The first-order chi connectivity index (χ1) is 13.9. The van der Waals surface area contributed by atoms with Crippen LogP contribution in [0.5, 0.6) is 0 Å². The fourth-order valence-corrected chi connectivity index (χ4v) is 3.66. The minimum Gasteiger partial charge on any atom is -0.478 e. The number of likely N-dealkylation sites (N-methyl/N-ethyl adjacent to an activating group) is 1. The molecule has 0 unspecified atom stereocenters. The van der Waals surface area contributed by atoms with Crippen molar-refractivity contribution in [3.63, 3.8) is 0 Å². The Hall–Kier alpha value is -2.65. The molecule has 8 nitrogen and oxygen atoms in total. The molecule has 0 aliphatic carbocycles. The molecule has 1 aromatic heterocycles. The molecule has 1 aliphatic rings. The summed E-state index contributed by atoms with van der Waals surface area (Å²) in [7, 11) is 2.11. The van der Waals surface area contributed by atoms with Gasteiger partial charge >= 0.3 is 5.97 Å². The fraction of sp³-hybridized carbons (Fsp3) is 0.400. The van der Waals surface area contributed by atoms with E-state index in [0.29, 0.717) is 11.7 Å². The van der Waals surface area contributed by atoms with Crippen LogP contribution in [0.1, 0.15) is 21.6 Å². The molecule has 3 rings (SSSR count). The van der Waals surface area contributed by atoms with E-state index in [9.17, 15) is 9.59 Å². The number of carbonyl (C=O) groups is 2. The van der Waals surface area contributed by atoms with Gasteiger partial charge in [0.2, 0.25) is 5.91 Å². The van der Waals surface area contributed by atoms with Gasteiger partial charge in [-0.05, 0) is 31.7 Å². The molecular formula is C20H25N5O3S. The molecule has 154 valence electrons. The quantitative estimate of drug-likeness (QED) is 0.520. The van der Waals surface area contributed by atoms with E-state index in [1.807, 2.05) is 13.0 Å². The molecule has 29 heavy (non-hydrogen) atoms. The zero-order valence-electron chi connectivity index (χ0n) is 16.6. The highest BCUT2D eigenvalue weighted by Gasteiger charge is 2.17. The highest BCUT2D eigenvalue weighted by atomic mass is 32.2. The maximum atomic E-state index is 12.2. The van der Waals surface area contributed by atoms with Gasteiger partial charge in [0.25, 0.3) is 0 Å². The molecule has 0 saturated carbocycles. The number of piperazine rings is 1. The van der Waals surface area contributed by atoms with E-state index in [1.165, 1.54) is 23.9 Å². The molecule has 2 N–H and O–H groups in total. The van der Waals surface area contributed by atoms with Crippen molar-refractivity contribution in [3.8, 4) is 0 Å². The van der Waals surface area contributed by atoms with E-state index < -0.39 is 5.97 Å². The Morgan fingerprint density at radius 2 is 1.83 bits per heavy atom. The van der Waals surface area contributed by atoms with Crippen LogP contribution in [-0.2, 0) is 11.3 Å². The fourth-order valence-electron chi connectivity index (χ4n) is 2.93. The predicted molar refractivity (Wildman–Crippen MR) is 112 cm³/mol. The molecule has 9 heteroatoms. The number of benzene rings is 1. The van der Waals surface area contributed by atoms with Crippen LogP contribution in [0.3, 0.4) is 0 Å². The number of carbonyl (C=O) groups excluding carboxylic acids is 1. The molecule has 0 spiro atoms. The van der Waals surface area contributed by atoms with Gasteiger partial charge in [0, 0.05) is 44.5 Å². The van der Waals surface area contributed by atoms with Gasteiger partial charge in [0.15, 0.2) is 5.16 Å². The summed E-state index contributed by atoms with van der Waals surface area (Å²) >= 11 is 1.31. The number of aryl methyl sites for hydroxylation is 1. The summed E-state index contributed by atoms with van der Waals surface area (Å²) in [4.78, 5) is 36.6. The number of carboxylic acid groups (broad SMARTS) is 1. The van der Waals surface area contributed by atoms with Crippen LogP contribution >= 0.6 is 11.8 Å². The third-order valence-electron chi connectivity index (χ3n) is 4.67. The van der Waals surface area contributed by atoms with Gasteiger partial charge in [0.05, 0.1) is 11.3 Å². The van der Waals surface area contributed by atoms with Crippen LogP contribution in [0.15, 0.2) is 35.5 Å². The number of hydrogen-bond donors (Lipinski definition) is 2. The maximum Gasteiger partial charge on any atom is 0.335 e. The molecule has 0 radical (unpaired) electrons. The van der Waals surface area contributed by atoms with Gasteiger partial charge in [-0.2, -0.15) is 0 Å². The van der Waals surface area contributed by atoms with Crippen LogP contribution in [0.25, 0.3) is 0 Å². The van der Waals surface area contributed by atoms with Crippen molar-refractivity contribution in [1.82, 2.24) is 20.2 Å². The van der Waals surface area contributed by atoms with E-state index in [0.717, 1.165) is 43.3 Å². The topological polar surface area (TPSA) is 98.7 Å². The highest BCUT2D eigenvalue weighted by molar-refractivity contribution is 7.99. The SMILES string of the molecule is Cc1cc(N2CCN(C)CC2)nc(SCC(=O)NCc2ccc(C(=O)O)cc2)n1. The lowest BCUT2D eigenvalue weighted by molar-refractivity contribution is -0.118. The summed E-state index contributed by atoms with van der Waals surface area (Å²) < 4.78 is 0. The molecule has 0 atom stereocenters. The Morgan fingerprint density at radius 3 is 2.48 bits per heavy atom. The van der Waals surface area contributed by atoms with Gasteiger partial charge in [-0.3, -0.25) is 4.79 Å². The molecule has 2 aromatic rings. The first-order valence-electron chi connectivity index (χ1n) is 9.41. The van der Waals surface area contributed by atoms with E-state index in [1.54, 1.807) is 12.1 Å². The molecule has 2 heterocycles. The summed E-state index contributed by atoms with van der Waals surface area (Å²) in [6.45, 7) is 6.14. The summed E-state index contributed by atoms with van der Waals surface area (Å²) in [5.74, 6) is 0.0421. The summed E-state index contributed by atoms with van der Waals surface area (Å²) in [5, 5.41) is 12.4. The largest absolute Gasteiger partial charge is 0.478 e. The van der Waals surface area contributed by atoms with Crippen LogP contribution in [0, 0.1) is 6.92 Å². The van der Waals surface area contributed by atoms with Gasteiger partial charge in [-0.1, -0.05) is 23.9 Å². The second-order valence-electron chi connectivity index (χ2n) is 7.01. The monoisotopic (exact) mass is 415 g/mol. The number of nitrogens with zero attached hydrogens (tertiary/aromatic N) is 4. The van der Waals surface area contributed by atoms with Gasteiger partial charge in [-0.25, -0.2) is 14.8 Å². The molecule has 1 fully saturated rings. The third-order valence-corrected chi connectivity index (χ3v) is 5.52. The summed E-state index contributed by atoms with van der Waals surface area (Å²) in [6, 6.07) is 8.43. The first kappa shape index (κ1) is 21.1. The zero-order valence-corrected chi connectivity index (χ0v) is 17.4. The Morgan fingerprint density at radius 1 is 1.14 bits per heavy atom. The van der Waals surface area contributed by atoms with Gasteiger partial charge < -0.3 is 20.2 Å². The number of anilines is 1. The highest BCUT2D eigenvalue weighted by Crippen LogP contribution is 2.20. The van der Waals surface area contributed by atoms with Crippen molar-refractivity contribution in [2.75, 3.05) is 43.9 Å². The summed E-state index contributed by atoms with van der Waals surface area (Å²) in [5.41, 5.74) is 1.95. The lowest BCUT2D eigenvalue weighted by atomic mass is 10.1. The molecular weight excluding hydrogens is 390 g/mol. The lowest BCUT2D eigenvalue weighted by Crippen LogP contribution is -2.44. The number of rotatable bonds is 7. The van der Waals surface area contributed by atoms with Crippen LogP contribution in [0.4, 0.5) is 5.82 Å². The summed E-state index contributed by atoms with van der Waals surface area (Å²) in [6.07, 6.45) is 0. The van der Waals surface area contributed by atoms with Gasteiger partial charge in [-0.15, -0.1) is 0 Å². The number of nitrogens with one attached hydrogen (secondary N) is 1. The zero-order chi connectivity index (χ0) is 20.8. The lowest BCUT2D eigenvalue weighted by Gasteiger charge is -2.33. The van der Waals surface area contributed by atoms with Crippen LogP contribution in [-0.4, -0.2) is 70.8 Å². The van der Waals surface area contributed by atoms with Crippen molar-refractivity contribution in [3.05, 3.63) is 47.2 Å². The second-order valence-corrected chi connectivity index (χ2v) is 7.95. The number of aromatic carboxylic acids is 1. The first-order valence-corrected chi connectivity index (χ1v) is 10.4. The number of aromatic nitrogens is 2. The Labute approximate surface area is 174 Å². The maximum absolute atomic E-state index is 12.2. The van der Waals surface area contributed by atoms with Gasteiger partial charge in [0.1, 0.15) is 5.82 Å². The molecule has 1 saturated heterocycles. The predicted octanol–water partition coefficient (Wildman–Crippen LogP) is 1.64. The smallest absolute Gasteiger partial charge is 0.335 e. The minimum atomic E-state index is -0.967. The van der Waals surface area contributed by atoms with E-state index in [-0.39, 0.29) is 17.2 Å². The normalized spacial score (nSPS) is 14.6. The Bertz CT molecular complexity index is 867. The number of carboxylic acids is 1.